The second-order valence-corrected chi connectivity index (χ2v) is 4.86. The first-order chi connectivity index (χ1) is 8.16. The quantitative estimate of drug-likeness (QED) is 0.548. The van der Waals surface area contributed by atoms with Crippen LogP contribution in [0.15, 0.2) is 18.3 Å². The molecule has 1 aromatic carbocycles. The van der Waals surface area contributed by atoms with Crippen molar-refractivity contribution >= 4 is 22.3 Å². The highest BCUT2D eigenvalue weighted by Crippen LogP contribution is 2.24. The number of anilines is 2. The lowest BCUT2D eigenvalue weighted by molar-refractivity contribution is 0.567. The molecule has 92 valence electrons. The minimum Gasteiger partial charge on any atom is -0.397 e. The number of rotatable bonds is 5. The average molecular weight is 232 g/mol. The highest BCUT2D eigenvalue weighted by Gasteiger charge is 2.03. The third kappa shape index (κ3) is 2.90. The Balaban J connectivity index is 2.00. The van der Waals surface area contributed by atoms with Gasteiger partial charge in [-0.3, -0.25) is 5.10 Å². The van der Waals surface area contributed by atoms with Gasteiger partial charge in [0.2, 0.25) is 0 Å². The Morgan fingerprint density at radius 1 is 1.41 bits per heavy atom. The van der Waals surface area contributed by atoms with Crippen LogP contribution >= 0.6 is 0 Å². The first-order valence-electron chi connectivity index (χ1n) is 6.13. The summed E-state index contributed by atoms with van der Waals surface area (Å²) < 4.78 is 0. The lowest BCUT2D eigenvalue weighted by Gasteiger charge is -2.10. The van der Waals surface area contributed by atoms with E-state index in [2.05, 4.69) is 29.4 Å². The second-order valence-electron chi connectivity index (χ2n) is 4.86. The van der Waals surface area contributed by atoms with Crippen molar-refractivity contribution in [1.82, 2.24) is 10.2 Å². The topological polar surface area (TPSA) is 66.7 Å². The molecule has 4 heteroatoms. The molecule has 17 heavy (non-hydrogen) atoms. The van der Waals surface area contributed by atoms with Crippen molar-refractivity contribution in [3.05, 3.63) is 18.3 Å². The van der Waals surface area contributed by atoms with Gasteiger partial charge in [-0.25, -0.2) is 0 Å². The van der Waals surface area contributed by atoms with Crippen molar-refractivity contribution in [3.8, 4) is 0 Å². The maximum atomic E-state index is 5.98. The number of aromatic amines is 1. The molecule has 0 aliphatic heterocycles. The summed E-state index contributed by atoms with van der Waals surface area (Å²) in [6.07, 6.45) is 4.19. The van der Waals surface area contributed by atoms with Gasteiger partial charge in [0.1, 0.15) is 0 Å². The Bertz CT molecular complexity index is 487. The van der Waals surface area contributed by atoms with Gasteiger partial charge in [-0.15, -0.1) is 0 Å². The van der Waals surface area contributed by atoms with Gasteiger partial charge in [-0.05, 0) is 30.9 Å². The fourth-order valence-corrected chi connectivity index (χ4v) is 1.90. The van der Waals surface area contributed by atoms with Crippen molar-refractivity contribution in [2.24, 2.45) is 5.92 Å². The summed E-state index contributed by atoms with van der Waals surface area (Å²) in [5.74, 6) is 0.754. The first-order valence-corrected chi connectivity index (χ1v) is 6.13. The number of nitrogens with zero attached hydrogens (tertiary/aromatic N) is 1. The fourth-order valence-electron chi connectivity index (χ4n) is 1.90. The molecule has 0 bridgehead atoms. The summed E-state index contributed by atoms with van der Waals surface area (Å²) in [4.78, 5) is 0. The van der Waals surface area contributed by atoms with Crippen LogP contribution in [0.1, 0.15) is 26.7 Å². The van der Waals surface area contributed by atoms with Gasteiger partial charge in [0, 0.05) is 11.9 Å². The van der Waals surface area contributed by atoms with E-state index in [1.807, 2.05) is 12.1 Å². The van der Waals surface area contributed by atoms with Crippen LogP contribution in [0.5, 0.6) is 0 Å². The highest BCUT2D eigenvalue weighted by atomic mass is 15.1. The number of H-pyrrole nitrogens is 1. The van der Waals surface area contributed by atoms with E-state index in [0.29, 0.717) is 0 Å². The summed E-state index contributed by atoms with van der Waals surface area (Å²) in [6.45, 7) is 5.44. The molecule has 4 N–H and O–H groups in total. The molecular formula is C13H20N4. The molecule has 1 aromatic heterocycles. The highest BCUT2D eigenvalue weighted by molar-refractivity contribution is 5.88. The van der Waals surface area contributed by atoms with Gasteiger partial charge in [-0.1, -0.05) is 13.8 Å². The molecule has 0 aliphatic carbocycles. The Hall–Kier alpha value is -1.71. The Morgan fingerprint density at radius 3 is 3.00 bits per heavy atom. The van der Waals surface area contributed by atoms with Gasteiger partial charge in [0.15, 0.2) is 0 Å². The number of nitrogen functional groups attached to an aromatic ring is 1. The molecule has 1 heterocycles. The van der Waals surface area contributed by atoms with E-state index in [1.165, 1.54) is 6.42 Å². The third-order valence-electron chi connectivity index (χ3n) is 2.88. The zero-order valence-corrected chi connectivity index (χ0v) is 10.5. The predicted molar refractivity (Wildman–Crippen MR) is 73.1 cm³/mol. The van der Waals surface area contributed by atoms with Crippen LogP contribution < -0.4 is 11.1 Å². The van der Waals surface area contributed by atoms with Crippen molar-refractivity contribution in [3.63, 3.8) is 0 Å². The zero-order valence-electron chi connectivity index (χ0n) is 10.5. The summed E-state index contributed by atoms with van der Waals surface area (Å²) in [6, 6.07) is 3.97. The van der Waals surface area contributed by atoms with Crippen molar-refractivity contribution < 1.29 is 0 Å². The number of hydrogen-bond acceptors (Lipinski definition) is 3. The molecule has 0 radical (unpaired) electrons. The maximum Gasteiger partial charge on any atom is 0.0672 e. The molecule has 0 spiro atoms. The van der Waals surface area contributed by atoms with Gasteiger partial charge in [0.05, 0.1) is 23.1 Å². The number of nitrogens with two attached hydrogens (primary N) is 1. The normalized spacial score (nSPS) is 11.2. The van der Waals surface area contributed by atoms with Crippen LogP contribution in [0.4, 0.5) is 11.4 Å². The Labute approximate surface area is 102 Å². The van der Waals surface area contributed by atoms with E-state index < -0.39 is 0 Å². The smallest absolute Gasteiger partial charge is 0.0672 e. The van der Waals surface area contributed by atoms with Gasteiger partial charge in [0.25, 0.3) is 0 Å². The number of fused-ring (bicyclic) bond motifs is 1. The molecule has 2 aromatic rings. The number of nitrogens with one attached hydrogen (secondary N) is 2. The molecule has 0 saturated carbocycles. The number of aromatic nitrogens is 2. The van der Waals surface area contributed by atoms with Crippen molar-refractivity contribution in [1.29, 1.82) is 0 Å². The average Bonchev–Trinajstić information content (AvgIpc) is 2.71. The fraction of sp³-hybridized carbons (Fsp3) is 0.462. The molecule has 4 nitrogen and oxygen atoms in total. The van der Waals surface area contributed by atoms with Gasteiger partial charge < -0.3 is 11.1 Å². The van der Waals surface area contributed by atoms with Gasteiger partial charge >= 0.3 is 0 Å². The molecule has 0 aliphatic rings. The van der Waals surface area contributed by atoms with Crippen molar-refractivity contribution in [2.75, 3.05) is 17.6 Å². The van der Waals surface area contributed by atoms with E-state index in [4.69, 9.17) is 5.73 Å². The Kier molecular flexibility index (Phi) is 3.52. The minimum atomic E-state index is 0.754. The van der Waals surface area contributed by atoms with Crippen molar-refractivity contribution in [2.45, 2.75) is 26.7 Å². The number of hydrogen-bond donors (Lipinski definition) is 3. The predicted octanol–water partition coefficient (Wildman–Crippen LogP) is 2.99. The molecule has 0 fully saturated rings. The van der Waals surface area contributed by atoms with Gasteiger partial charge in [-0.2, -0.15) is 5.10 Å². The third-order valence-corrected chi connectivity index (χ3v) is 2.88. The molecule has 2 rings (SSSR count). The molecule has 0 unspecified atom stereocenters. The van der Waals surface area contributed by atoms with Crippen LogP contribution in [-0.4, -0.2) is 16.7 Å². The lowest BCUT2D eigenvalue weighted by Crippen LogP contribution is -2.05. The SMILES string of the molecule is CC(C)CCCNc1cc2[nH]ncc2cc1N. The van der Waals surface area contributed by atoms with E-state index in [0.717, 1.165) is 41.2 Å². The van der Waals surface area contributed by atoms with E-state index >= 15 is 0 Å². The molecule has 0 atom stereocenters. The largest absolute Gasteiger partial charge is 0.397 e. The minimum absolute atomic E-state index is 0.754. The van der Waals surface area contributed by atoms with Crippen LogP contribution in [0.2, 0.25) is 0 Å². The zero-order chi connectivity index (χ0) is 12.3. The van der Waals surface area contributed by atoms with E-state index in [1.54, 1.807) is 6.20 Å². The maximum absolute atomic E-state index is 5.98. The number of benzene rings is 1. The molecule has 0 amide bonds. The van der Waals surface area contributed by atoms with Crippen LogP contribution in [0, 0.1) is 5.92 Å². The molecular weight excluding hydrogens is 212 g/mol. The second kappa shape index (κ2) is 5.08. The molecule has 0 saturated heterocycles. The first kappa shape index (κ1) is 11.8. The lowest BCUT2D eigenvalue weighted by atomic mass is 10.1. The van der Waals surface area contributed by atoms with E-state index in [9.17, 15) is 0 Å². The summed E-state index contributed by atoms with van der Waals surface area (Å²) >= 11 is 0. The summed E-state index contributed by atoms with van der Waals surface area (Å²) in [5.41, 5.74) is 8.77. The standard InChI is InChI=1S/C13H20N4/c1-9(2)4-3-5-15-13-7-12-10(6-11(13)14)8-16-17-12/h6-9,15H,3-5,14H2,1-2H3,(H,16,17). The monoisotopic (exact) mass is 232 g/mol. The Morgan fingerprint density at radius 2 is 2.24 bits per heavy atom. The van der Waals surface area contributed by atoms with E-state index in [-0.39, 0.29) is 0 Å². The summed E-state index contributed by atoms with van der Waals surface area (Å²) in [5, 5.41) is 11.4. The van der Waals surface area contributed by atoms with Crippen LogP contribution in [0.3, 0.4) is 0 Å². The summed E-state index contributed by atoms with van der Waals surface area (Å²) in [7, 11) is 0. The van der Waals surface area contributed by atoms with Crippen LogP contribution in [-0.2, 0) is 0 Å². The van der Waals surface area contributed by atoms with Crippen LogP contribution in [0.25, 0.3) is 10.9 Å².